The van der Waals surface area contributed by atoms with Crippen molar-refractivity contribution in [2.24, 2.45) is 0 Å². The maximum absolute atomic E-state index is 13.0. The highest BCUT2D eigenvalue weighted by Gasteiger charge is 2.23. The largest absolute Gasteiger partial charge is 0.756 e. The Balaban J connectivity index is 4.05. The number of nitrogens with one attached hydrogen (secondary N) is 1. The summed E-state index contributed by atoms with van der Waals surface area (Å²) in [7, 11) is 1.28. The molecule has 0 heterocycles. The van der Waals surface area contributed by atoms with E-state index < -0.39 is 20.0 Å². The minimum absolute atomic E-state index is 0.00286. The van der Waals surface area contributed by atoms with E-state index in [0.717, 1.165) is 38.5 Å². The molecule has 0 aromatic heterocycles. The molecule has 3 unspecified atom stereocenters. The Kier molecular flexibility index (Phi) is 55.4. The van der Waals surface area contributed by atoms with Gasteiger partial charge in [-0.25, -0.2) is 0 Å². The normalized spacial score (nSPS) is 13.8. The zero-order valence-corrected chi connectivity index (χ0v) is 50.8. The molecule has 0 aromatic carbocycles. The molecule has 0 fully saturated rings. The van der Waals surface area contributed by atoms with Gasteiger partial charge in [-0.05, 0) is 19.3 Å². The van der Waals surface area contributed by atoms with Gasteiger partial charge in [-0.15, -0.1) is 0 Å². The number of nitrogens with zero attached hydrogens (tertiary/aromatic N) is 1. The van der Waals surface area contributed by atoms with Crippen LogP contribution in [0.2, 0.25) is 0 Å². The molecule has 9 heteroatoms. The minimum atomic E-state index is -4.60. The fourth-order valence-corrected chi connectivity index (χ4v) is 10.9. The number of rotatable bonds is 61. The highest BCUT2D eigenvalue weighted by Crippen LogP contribution is 2.38. The number of phosphoric ester groups is 1. The Labute approximate surface area is 456 Å². The lowest BCUT2D eigenvalue weighted by Gasteiger charge is -2.29. The van der Waals surface area contributed by atoms with Crippen LogP contribution < -0.4 is 10.2 Å². The maximum atomic E-state index is 13.0. The maximum Gasteiger partial charge on any atom is 0.268 e. The van der Waals surface area contributed by atoms with E-state index in [9.17, 15) is 19.4 Å². The summed E-state index contributed by atoms with van der Waals surface area (Å²) in [6.07, 6.45) is 70.3. The molecule has 3 atom stereocenters. The van der Waals surface area contributed by atoms with Crippen molar-refractivity contribution in [3.63, 3.8) is 0 Å². The SMILES string of the molecule is CCCCCCCCCCCCCCCCCCCCC/C=C/C(O)C(COP(=O)([O-])OCC[N+](C)(C)C)NC(=O)CCCCCCCCCCCCCCCCCCCCCCCCCCCCCCCC. The van der Waals surface area contributed by atoms with Gasteiger partial charge in [-0.2, -0.15) is 0 Å². The van der Waals surface area contributed by atoms with Gasteiger partial charge in [0.25, 0.3) is 7.82 Å². The third-order valence-corrected chi connectivity index (χ3v) is 16.2. The van der Waals surface area contributed by atoms with E-state index in [-0.39, 0.29) is 19.1 Å². The van der Waals surface area contributed by atoms with Crippen LogP contribution in [0.3, 0.4) is 0 Å². The van der Waals surface area contributed by atoms with Crippen LogP contribution in [0.5, 0.6) is 0 Å². The average Bonchev–Trinajstić information content (AvgIpc) is 3.35. The predicted molar refractivity (Wildman–Crippen MR) is 316 cm³/mol. The van der Waals surface area contributed by atoms with E-state index in [2.05, 4.69) is 19.2 Å². The number of hydrogen-bond donors (Lipinski definition) is 2. The van der Waals surface area contributed by atoms with Crippen LogP contribution in [-0.2, 0) is 18.4 Å². The van der Waals surface area contributed by atoms with Crippen molar-refractivity contribution in [3.05, 3.63) is 12.2 Å². The molecular formula is C64H129N2O6P. The first-order valence-electron chi connectivity index (χ1n) is 32.6. The molecule has 0 spiro atoms. The number of carbonyl (C=O) groups excluding carboxylic acids is 1. The fourth-order valence-electron chi connectivity index (χ4n) is 10.2. The van der Waals surface area contributed by atoms with Crippen LogP contribution in [0.15, 0.2) is 12.2 Å². The van der Waals surface area contributed by atoms with Crippen molar-refractivity contribution in [3.8, 4) is 0 Å². The lowest BCUT2D eigenvalue weighted by molar-refractivity contribution is -0.870. The molecule has 0 rings (SSSR count). The van der Waals surface area contributed by atoms with E-state index in [1.807, 2.05) is 27.2 Å². The average molecular weight is 1050 g/mol. The molecule has 0 aliphatic heterocycles. The Hall–Kier alpha value is -0.760. The predicted octanol–water partition coefficient (Wildman–Crippen LogP) is 19.5. The molecule has 0 aliphatic rings. The summed E-state index contributed by atoms with van der Waals surface area (Å²) in [5.41, 5.74) is 0. The van der Waals surface area contributed by atoms with Crippen molar-refractivity contribution in [1.29, 1.82) is 0 Å². The van der Waals surface area contributed by atoms with E-state index in [0.29, 0.717) is 17.4 Å². The molecular weight excluding hydrogens is 924 g/mol. The molecule has 2 N–H and O–H groups in total. The second kappa shape index (κ2) is 56.0. The number of hydrogen-bond acceptors (Lipinski definition) is 6. The van der Waals surface area contributed by atoms with Crippen LogP contribution >= 0.6 is 7.82 Å². The zero-order valence-electron chi connectivity index (χ0n) is 49.9. The quantitative estimate of drug-likeness (QED) is 0.0272. The molecule has 0 bridgehead atoms. The fraction of sp³-hybridized carbons (Fsp3) is 0.953. The second-order valence-corrected chi connectivity index (χ2v) is 25.2. The number of allylic oxidation sites excluding steroid dienone is 1. The smallest absolute Gasteiger partial charge is 0.268 e. The lowest BCUT2D eigenvalue weighted by atomic mass is 10.0. The molecule has 0 aromatic rings. The van der Waals surface area contributed by atoms with E-state index in [1.165, 1.54) is 283 Å². The van der Waals surface area contributed by atoms with Gasteiger partial charge in [0.15, 0.2) is 0 Å². The van der Waals surface area contributed by atoms with Crippen LogP contribution in [-0.4, -0.2) is 68.5 Å². The lowest BCUT2D eigenvalue weighted by Crippen LogP contribution is -2.45. The van der Waals surface area contributed by atoms with Crippen molar-refractivity contribution < 1.29 is 32.9 Å². The van der Waals surface area contributed by atoms with Crippen molar-refractivity contribution >= 4 is 13.7 Å². The third kappa shape index (κ3) is 58.8. The number of phosphoric acid groups is 1. The molecule has 1 amide bonds. The van der Waals surface area contributed by atoms with Crippen molar-refractivity contribution in [1.82, 2.24) is 5.32 Å². The van der Waals surface area contributed by atoms with Gasteiger partial charge >= 0.3 is 0 Å². The standard InChI is InChI=1S/C64H129N2O6P/c1-6-8-10-12-14-16-18-20-22-24-26-28-29-30-31-32-33-34-35-36-38-40-42-44-46-48-50-52-54-56-58-64(68)65-62(61-72-73(69,70)71-60-59-66(3,4)5)63(67)57-55-53-51-49-47-45-43-41-39-37-27-25-23-21-19-17-15-13-11-9-7-2/h55,57,62-63,67H,6-54,56,58-61H2,1-5H3,(H-,65,68,69,70)/b57-55+. The van der Waals surface area contributed by atoms with Crippen LogP contribution in [0.1, 0.15) is 341 Å². The molecule has 0 saturated heterocycles. The Morgan fingerprint density at radius 2 is 0.740 bits per heavy atom. The first-order valence-corrected chi connectivity index (χ1v) is 34.0. The van der Waals surface area contributed by atoms with Gasteiger partial charge in [0.2, 0.25) is 5.91 Å². The molecule has 73 heavy (non-hydrogen) atoms. The number of unbranched alkanes of at least 4 members (excludes halogenated alkanes) is 48. The summed E-state index contributed by atoms with van der Waals surface area (Å²) >= 11 is 0. The van der Waals surface area contributed by atoms with Crippen LogP contribution in [0.25, 0.3) is 0 Å². The molecule has 0 aliphatic carbocycles. The van der Waals surface area contributed by atoms with Crippen molar-refractivity contribution in [2.45, 2.75) is 353 Å². The highest BCUT2D eigenvalue weighted by molar-refractivity contribution is 7.45. The zero-order chi connectivity index (χ0) is 53.5. The minimum Gasteiger partial charge on any atom is -0.756 e. The molecule has 8 nitrogen and oxygen atoms in total. The number of likely N-dealkylation sites (N-methyl/N-ethyl adjacent to an activating group) is 1. The Bertz CT molecular complexity index is 1200. The third-order valence-electron chi connectivity index (χ3n) is 15.2. The number of aliphatic hydroxyl groups is 1. The summed E-state index contributed by atoms with van der Waals surface area (Å²) in [4.78, 5) is 25.6. The first-order chi connectivity index (χ1) is 35.5. The van der Waals surface area contributed by atoms with Crippen molar-refractivity contribution in [2.75, 3.05) is 40.9 Å². The molecule has 0 radical (unpaired) electrons. The second-order valence-electron chi connectivity index (χ2n) is 23.8. The summed E-state index contributed by atoms with van der Waals surface area (Å²) in [6, 6.07) is -0.883. The van der Waals surface area contributed by atoms with Gasteiger partial charge < -0.3 is 28.8 Å². The van der Waals surface area contributed by atoms with Gasteiger partial charge in [0.1, 0.15) is 13.2 Å². The number of amides is 1. The van der Waals surface area contributed by atoms with Gasteiger partial charge in [0.05, 0.1) is 39.9 Å². The van der Waals surface area contributed by atoms with Crippen LogP contribution in [0.4, 0.5) is 0 Å². The van der Waals surface area contributed by atoms with Crippen LogP contribution in [0, 0.1) is 0 Å². The Morgan fingerprint density at radius 1 is 0.466 bits per heavy atom. The molecule has 0 saturated carbocycles. The topological polar surface area (TPSA) is 108 Å². The van der Waals surface area contributed by atoms with E-state index >= 15 is 0 Å². The first kappa shape index (κ1) is 72.2. The highest BCUT2D eigenvalue weighted by atomic mass is 31.2. The molecule has 436 valence electrons. The van der Waals surface area contributed by atoms with Gasteiger partial charge in [-0.1, -0.05) is 328 Å². The summed E-state index contributed by atoms with van der Waals surface area (Å²) in [5.74, 6) is -0.188. The summed E-state index contributed by atoms with van der Waals surface area (Å²) < 4.78 is 23.4. The summed E-state index contributed by atoms with van der Waals surface area (Å²) in [6.45, 7) is 4.71. The number of carbonyl (C=O) groups is 1. The van der Waals surface area contributed by atoms with E-state index in [1.54, 1.807) is 6.08 Å². The number of aliphatic hydroxyl groups excluding tert-OH is 1. The monoisotopic (exact) mass is 1050 g/mol. The van der Waals surface area contributed by atoms with Gasteiger partial charge in [-0.3, -0.25) is 9.36 Å². The van der Waals surface area contributed by atoms with E-state index in [4.69, 9.17) is 9.05 Å². The number of quaternary nitrogens is 1. The summed E-state index contributed by atoms with van der Waals surface area (Å²) in [5, 5.41) is 13.9. The van der Waals surface area contributed by atoms with Gasteiger partial charge in [0, 0.05) is 6.42 Å². The Morgan fingerprint density at radius 3 is 1.03 bits per heavy atom.